The lowest BCUT2D eigenvalue weighted by Crippen LogP contribution is -2.37. The molecule has 0 saturated carbocycles. The molecule has 8 heteroatoms. The summed E-state index contributed by atoms with van der Waals surface area (Å²) in [5, 5.41) is 5.48. The highest BCUT2D eigenvalue weighted by Crippen LogP contribution is 2.25. The molecule has 36 heavy (non-hydrogen) atoms. The van der Waals surface area contributed by atoms with Crippen LogP contribution in [0.15, 0.2) is 97.3 Å². The first kappa shape index (κ1) is 24.6. The van der Waals surface area contributed by atoms with Gasteiger partial charge in [-0.05, 0) is 46.5 Å². The van der Waals surface area contributed by atoms with E-state index in [9.17, 15) is 14.0 Å². The number of nitrogens with two attached hydrogens (primary N) is 1. The van der Waals surface area contributed by atoms with Gasteiger partial charge >= 0.3 is 6.09 Å². The number of carbonyl (C=O) groups is 2. The second kappa shape index (κ2) is 11.7. The number of carbonyl (C=O) groups excluding carboxylic acids is 2. The minimum atomic E-state index is -1.09. The Morgan fingerprint density at radius 1 is 0.889 bits per heavy atom. The maximum Gasteiger partial charge on any atom is 0.408 e. The van der Waals surface area contributed by atoms with Crippen LogP contribution >= 0.6 is 0 Å². The fraction of sp³-hybridized carbons (Fsp3) is 0.107. The molecule has 0 fully saturated rings. The number of pyridine rings is 1. The third-order valence-electron chi connectivity index (χ3n) is 5.43. The molecule has 0 aliphatic rings. The van der Waals surface area contributed by atoms with Crippen molar-refractivity contribution in [1.82, 2.24) is 10.3 Å². The summed E-state index contributed by atoms with van der Waals surface area (Å²) in [7, 11) is 0. The van der Waals surface area contributed by atoms with Crippen LogP contribution in [0.4, 0.5) is 14.9 Å². The fourth-order valence-electron chi connectivity index (χ4n) is 3.64. The van der Waals surface area contributed by atoms with Crippen molar-refractivity contribution in [3.63, 3.8) is 0 Å². The number of anilines is 1. The molecule has 0 aliphatic carbocycles. The fourth-order valence-corrected chi connectivity index (χ4v) is 3.64. The zero-order chi connectivity index (χ0) is 25.3. The predicted octanol–water partition coefficient (Wildman–Crippen LogP) is 4.95. The highest BCUT2D eigenvalue weighted by atomic mass is 19.1. The van der Waals surface area contributed by atoms with Gasteiger partial charge in [0.15, 0.2) is 0 Å². The molecule has 182 valence electrons. The summed E-state index contributed by atoms with van der Waals surface area (Å²) >= 11 is 0. The standard InChI is InChI=1S/C28H25FN4O3/c29-24-14-23(16-31-17-24)21-9-5-10-22(13-21)26(27(34)32-25-11-4-8-20(12-25)15-30)33-28(35)36-18-19-6-2-1-3-7-19/h1-14,16-17,26H,15,18,30H2,(H,32,34)(H,33,35)/t26-/m1/s1. The number of ether oxygens (including phenoxy) is 1. The number of hydrogen-bond donors (Lipinski definition) is 3. The molecule has 1 atom stereocenters. The molecule has 1 heterocycles. The van der Waals surface area contributed by atoms with E-state index in [1.54, 1.807) is 42.5 Å². The van der Waals surface area contributed by atoms with Crippen LogP contribution in [0.1, 0.15) is 22.7 Å². The highest BCUT2D eigenvalue weighted by Gasteiger charge is 2.24. The van der Waals surface area contributed by atoms with Crippen molar-refractivity contribution < 1.29 is 18.7 Å². The predicted molar refractivity (Wildman–Crippen MR) is 135 cm³/mol. The average Bonchev–Trinajstić information content (AvgIpc) is 2.91. The molecule has 4 rings (SSSR count). The van der Waals surface area contributed by atoms with Gasteiger partial charge < -0.3 is 21.1 Å². The molecular formula is C28H25FN4O3. The number of hydrogen-bond acceptors (Lipinski definition) is 5. The summed E-state index contributed by atoms with van der Waals surface area (Å²) in [4.78, 5) is 29.9. The van der Waals surface area contributed by atoms with Crippen LogP contribution in [0.25, 0.3) is 11.1 Å². The van der Waals surface area contributed by atoms with Crippen molar-refractivity contribution in [2.45, 2.75) is 19.2 Å². The summed E-state index contributed by atoms with van der Waals surface area (Å²) in [5.74, 6) is -0.954. The van der Waals surface area contributed by atoms with Crippen molar-refractivity contribution in [1.29, 1.82) is 0 Å². The number of rotatable bonds is 8. The second-order valence-electron chi connectivity index (χ2n) is 8.05. The van der Waals surface area contributed by atoms with Crippen LogP contribution in [0, 0.1) is 5.82 Å². The van der Waals surface area contributed by atoms with Crippen LogP contribution in [0.3, 0.4) is 0 Å². The van der Waals surface area contributed by atoms with E-state index in [1.165, 1.54) is 12.3 Å². The van der Waals surface area contributed by atoms with Gasteiger partial charge in [0.25, 0.3) is 5.91 Å². The summed E-state index contributed by atoms with van der Waals surface area (Å²) in [6.07, 6.45) is 1.88. The maximum atomic E-state index is 13.7. The molecule has 4 aromatic rings. The molecule has 0 radical (unpaired) electrons. The van der Waals surface area contributed by atoms with Gasteiger partial charge in [-0.1, -0.05) is 60.7 Å². The summed E-state index contributed by atoms with van der Waals surface area (Å²) in [6.45, 7) is 0.371. The van der Waals surface area contributed by atoms with E-state index < -0.39 is 23.9 Å². The van der Waals surface area contributed by atoms with E-state index in [4.69, 9.17) is 10.5 Å². The summed E-state index contributed by atoms with van der Waals surface area (Å²) in [6, 6.07) is 23.5. The minimum Gasteiger partial charge on any atom is -0.445 e. The van der Waals surface area contributed by atoms with Crippen molar-refractivity contribution in [3.8, 4) is 11.1 Å². The van der Waals surface area contributed by atoms with Crippen LogP contribution in [-0.4, -0.2) is 17.0 Å². The molecule has 7 nitrogen and oxygen atoms in total. The van der Waals surface area contributed by atoms with E-state index in [1.807, 2.05) is 36.4 Å². The Bertz CT molecular complexity index is 1350. The highest BCUT2D eigenvalue weighted by molar-refractivity contribution is 5.97. The number of amides is 2. The van der Waals surface area contributed by atoms with E-state index in [2.05, 4.69) is 15.6 Å². The molecule has 0 aliphatic heterocycles. The molecule has 3 aromatic carbocycles. The number of benzene rings is 3. The van der Waals surface area contributed by atoms with E-state index in [-0.39, 0.29) is 6.61 Å². The zero-order valence-corrected chi connectivity index (χ0v) is 19.4. The van der Waals surface area contributed by atoms with Crippen molar-refractivity contribution in [3.05, 3.63) is 120 Å². The molecule has 2 amide bonds. The normalized spacial score (nSPS) is 11.4. The lowest BCUT2D eigenvalue weighted by Gasteiger charge is -2.20. The van der Waals surface area contributed by atoms with E-state index >= 15 is 0 Å². The topological polar surface area (TPSA) is 106 Å². The average molecular weight is 485 g/mol. The minimum absolute atomic E-state index is 0.0502. The summed E-state index contributed by atoms with van der Waals surface area (Å²) < 4.78 is 19.1. The van der Waals surface area contributed by atoms with Gasteiger partial charge in [0.1, 0.15) is 18.5 Å². The number of nitrogens with zero attached hydrogens (tertiary/aromatic N) is 1. The Morgan fingerprint density at radius 3 is 2.44 bits per heavy atom. The van der Waals surface area contributed by atoms with Crippen LogP contribution in [0.2, 0.25) is 0 Å². The monoisotopic (exact) mass is 484 g/mol. The number of aromatic nitrogens is 1. The first-order chi connectivity index (χ1) is 17.5. The molecule has 0 bridgehead atoms. The molecule has 0 saturated heterocycles. The Balaban J connectivity index is 1.59. The van der Waals surface area contributed by atoms with Gasteiger partial charge in [0.2, 0.25) is 0 Å². The third kappa shape index (κ3) is 6.52. The quantitative estimate of drug-likeness (QED) is 0.328. The van der Waals surface area contributed by atoms with Gasteiger partial charge in [0.05, 0.1) is 6.20 Å². The first-order valence-corrected chi connectivity index (χ1v) is 11.3. The molecule has 4 N–H and O–H groups in total. The van der Waals surface area contributed by atoms with Crippen LogP contribution < -0.4 is 16.4 Å². The molecular weight excluding hydrogens is 459 g/mol. The Labute approximate surface area is 208 Å². The second-order valence-corrected chi connectivity index (χ2v) is 8.05. The molecule has 1 aromatic heterocycles. The first-order valence-electron chi connectivity index (χ1n) is 11.3. The number of alkyl carbamates (subject to hydrolysis) is 1. The lowest BCUT2D eigenvalue weighted by molar-refractivity contribution is -0.118. The summed E-state index contributed by atoms with van der Waals surface area (Å²) in [5.41, 5.74) is 9.58. The van der Waals surface area contributed by atoms with E-state index in [0.717, 1.165) is 17.3 Å². The Hall–Kier alpha value is -4.56. The van der Waals surface area contributed by atoms with Crippen LogP contribution in [-0.2, 0) is 22.7 Å². The third-order valence-corrected chi connectivity index (χ3v) is 5.43. The smallest absolute Gasteiger partial charge is 0.408 e. The van der Waals surface area contributed by atoms with Crippen molar-refractivity contribution in [2.24, 2.45) is 5.73 Å². The maximum absolute atomic E-state index is 13.7. The van der Waals surface area contributed by atoms with Gasteiger partial charge in [0, 0.05) is 24.0 Å². The van der Waals surface area contributed by atoms with Crippen LogP contribution in [0.5, 0.6) is 0 Å². The lowest BCUT2D eigenvalue weighted by atomic mass is 9.99. The van der Waals surface area contributed by atoms with Crippen molar-refractivity contribution >= 4 is 17.7 Å². The molecule has 0 unspecified atom stereocenters. The van der Waals surface area contributed by atoms with Gasteiger partial charge in [-0.15, -0.1) is 0 Å². The molecule has 0 spiro atoms. The Morgan fingerprint density at radius 2 is 1.67 bits per heavy atom. The number of halogens is 1. The number of nitrogens with one attached hydrogen (secondary N) is 2. The largest absolute Gasteiger partial charge is 0.445 e. The SMILES string of the molecule is NCc1cccc(NC(=O)[C@H](NC(=O)OCc2ccccc2)c2cccc(-c3cncc(F)c3)c2)c1. The van der Waals surface area contributed by atoms with Crippen molar-refractivity contribution in [2.75, 3.05) is 5.32 Å². The van der Waals surface area contributed by atoms with Gasteiger partial charge in [-0.2, -0.15) is 0 Å². The Kier molecular flexibility index (Phi) is 8.00. The zero-order valence-electron chi connectivity index (χ0n) is 19.4. The van der Waals surface area contributed by atoms with Gasteiger partial charge in [-0.25, -0.2) is 9.18 Å². The van der Waals surface area contributed by atoms with Gasteiger partial charge in [-0.3, -0.25) is 9.78 Å². The van der Waals surface area contributed by atoms with E-state index in [0.29, 0.717) is 28.9 Å².